The van der Waals surface area contributed by atoms with Crippen molar-refractivity contribution in [3.8, 4) is 0 Å². The summed E-state index contributed by atoms with van der Waals surface area (Å²) < 4.78 is 28.0. The van der Waals surface area contributed by atoms with E-state index >= 15 is 0 Å². The molecule has 1 aliphatic rings. The molecular weight excluding hydrogens is 292 g/mol. The Hall–Kier alpha value is -1.93. The number of aromatic nitrogens is 2. The molecule has 0 atom stereocenters. The number of carbonyl (C=O) groups is 1. The highest BCUT2D eigenvalue weighted by atomic mass is 32.2. The fourth-order valence-corrected chi connectivity index (χ4v) is 4.14. The number of benzene rings is 1. The van der Waals surface area contributed by atoms with Gasteiger partial charge in [-0.15, -0.1) is 0 Å². The Balaban J connectivity index is 2.17. The van der Waals surface area contributed by atoms with E-state index < -0.39 is 10.0 Å². The number of nitrogens with zero attached hydrogens (tertiary/aromatic N) is 3. The van der Waals surface area contributed by atoms with Crippen LogP contribution in [-0.4, -0.2) is 41.3 Å². The average Bonchev–Trinajstić information content (AvgIpc) is 2.78. The van der Waals surface area contributed by atoms with E-state index in [2.05, 4.69) is 10.3 Å². The highest BCUT2D eigenvalue weighted by molar-refractivity contribution is 7.89. The molecule has 0 saturated carbocycles. The zero-order valence-corrected chi connectivity index (χ0v) is 12.6. The van der Waals surface area contributed by atoms with Gasteiger partial charge < -0.3 is 9.88 Å². The van der Waals surface area contributed by atoms with Gasteiger partial charge in [0.2, 0.25) is 11.1 Å². The number of carbonyl (C=O) groups excluding carboxylic acids is 1. The van der Waals surface area contributed by atoms with E-state index in [9.17, 15) is 13.2 Å². The summed E-state index contributed by atoms with van der Waals surface area (Å²) in [7, 11) is -3.53. The number of imidazole rings is 1. The van der Waals surface area contributed by atoms with Gasteiger partial charge in [0.25, 0.3) is 10.0 Å². The van der Waals surface area contributed by atoms with Crippen LogP contribution in [0.25, 0.3) is 11.0 Å². The summed E-state index contributed by atoms with van der Waals surface area (Å²) in [6.45, 7) is 4.66. The van der Waals surface area contributed by atoms with Crippen molar-refractivity contribution >= 4 is 32.7 Å². The van der Waals surface area contributed by atoms with Crippen LogP contribution in [0.4, 0.5) is 5.69 Å². The molecule has 0 fully saturated rings. The van der Waals surface area contributed by atoms with Crippen LogP contribution in [0.15, 0.2) is 23.4 Å². The molecule has 1 aliphatic heterocycles. The van der Waals surface area contributed by atoms with E-state index in [-0.39, 0.29) is 11.1 Å². The molecule has 1 aromatic carbocycles. The van der Waals surface area contributed by atoms with E-state index in [0.29, 0.717) is 30.8 Å². The second-order valence-corrected chi connectivity index (χ2v) is 6.76. The van der Waals surface area contributed by atoms with Gasteiger partial charge in [-0.3, -0.25) is 4.79 Å². The van der Waals surface area contributed by atoms with Gasteiger partial charge in [-0.25, -0.2) is 13.4 Å². The molecular formula is C13H16N4O3S. The standard InChI is InChI=1S/C13H16N4O3S/c1-3-16-6-7-17-12-8-10(14-9(2)18)4-5-11(12)15-13(17)21(16,19)20/h4-5,8H,3,6-7H2,1-2H3,(H,14,18). The molecule has 7 nitrogen and oxygen atoms in total. The second-order valence-electron chi connectivity index (χ2n) is 4.93. The van der Waals surface area contributed by atoms with E-state index in [1.165, 1.54) is 11.2 Å². The van der Waals surface area contributed by atoms with Crippen molar-refractivity contribution < 1.29 is 13.2 Å². The van der Waals surface area contributed by atoms with Crippen molar-refractivity contribution in [3.63, 3.8) is 0 Å². The number of nitrogens with one attached hydrogen (secondary N) is 1. The summed E-state index contributed by atoms with van der Waals surface area (Å²) in [5.41, 5.74) is 1.96. The Bertz CT molecular complexity index is 825. The van der Waals surface area contributed by atoms with Gasteiger partial charge in [0.1, 0.15) is 0 Å². The maximum Gasteiger partial charge on any atom is 0.277 e. The molecule has 0 aliphatic carbocycles. The molecule has 1 aromatic heterocycles. The minimum absolute atomic E-state index is 0.0746. The van der Waals surface area contributed by atoms with E-state index in [0.717, 1.165) is 5.52 Å². The lowest BCUT2D eigenvalue weighted by atomic mass is 10.2. The number of fused-ring (bicyclic) bond motifs is 3. The molecule has 21 heavy (non-hydrogen) atoms. The van der Waals surface area contributed by atoms with Crippen LogP contribution in [0.5, 0.6) is 0 Å². The highest BCUT2D eigenvalue weighted by Gasteiger charge is 2.33. The molecule has 1 N–H and O–H groups in total. The van der Waals surface area contributed by atoms with Crippen LogP contribution in [0.2, 0.25) is 0 Å². The Labute approximate surface area is 122 Å². The summed E-state index contributed by atoms with van der Waals surface area (Å²) in [6, 6.07) is 5.19. The number of sulfonamides is 1. The fourth-order valence-electron chi connectivity index (χ4n) is 2.57. The van der Waals surface area contributed by atoms with Crippen molar-refractivity contribution in [1.29, 1.82) is 0 Å². The number of rotatable bonds is 2. The topological polar surface area (TPSA) is 84.3 Å². The molecule has 0 radical (unpaired) electrons. The highest BCUT2D eigenvalue weighted by Crippen LogP contribution is 2.27. The molecule has 1 amide bonds. The van der Waals surface area contributed by atoms with Gasteiger partial charge in [0, 0.05) is 32.2 Å². The van der Waals surface area contributed by atoms with Crippen molar-refractivity contribution in [2.45, 2.75) is 25.5 Å². The number of likely N-dealkylation sites (N-methyl/N-ethyl adjacent to an activating group) is 1. The van der Waals surface area contributed by atoms with Crippen molar-refractivity contribution in [2.24, 2.45) is 0 Å². The zero-order valence-electron chi connectivity index (χ0n) is 11.8. The minimum Gasteiger partial charge on any atom is -0.326 e. The summed E-state index contributed by atoms with van der Waals surface area (Å²) >= 11 is 0. The second kappa shape index (κ2) is 4.81. The van der Waals surface area contributed by atoms with Gasteiger partial charge in [-0.2, -0.15) is 4.31 Å². The van der Waals surface area contributed by atoms with Gasteiger partial charge in [0.05, 0.1) is 11.0 Å². The molecule has 8 heteroatoms. The Morgan fingerprint density at radius 1 is 1.38 bits per heavy atom. The molecule has 2 heterocycles. The molecule has 0 saturated heterocycles. The summed E-state index contributed by atoms with van der Waals surface area (Å²) in [5, 5.41) is 2.77. The molecule has 0 spiro atoms. The lowest BCUT2D eigenvalue weighted by molar-refractivity contribution is -0.114. The molecule has 0 bridgehead atoms. The number of hydrogen-bond acceptors (Lipinski definition) is 4. The van der Waals surface area contributed by atoms with Crippen molar-refractivity contribution in [1.82, 2.24) is 13.9 Å². The van der Waals surface area contributed by atoms with Crippen molar-refractivity contribution in [3.05, 3.63) is 18.2 Å². The Morgan fingerprint density at radius 2 is 2.14 bits per heavy atom. The number of hydrogen-bond donors (Lipinski definition) is 1. The quantitative estimate of drug-likeness (QED) is 0.897. The number of amides is 1. The summed E-state index contributed by atoms with van der Waals surface area (Å²) in [5.74, 6) is -0.169. The van der Waals surface area contributed by atoms with E-state index in [1.54, 1.807) is 22.8 Å². The van der Waals surface area contributed by atoms with Crippen LogP contribution >= 0.6 is 0 Å². The fraction of sp³-hybridized carbons (Fsp3) is 0.385. The largest absolute Gasteiger partial charge is 0.326 e. The molecule has 112 valence electrons. The smallest absolute Gasteiger partial charge is 0.277 e. The predicted molar refractivity (Wildman–Crippen MR) is 78.5 cm³/mol. The SMILES string of the molecule is CCN1CCn2c(nc3ccc(NC(C)=O)cc32)S1(=O)=O. The number of anilines is 1. The van der Waals surface area contributed by atoms with E-state index in [1.807, 2.05) is 6.92 Å². The average molecular weight is 308 g/mol. The summed E-state index contributed by atoms with van der Waals surface area (Å²) in [6.07, 6.45) is 0. The third-order valence-electron chi connectivity index (χ3n) is 3.53. The van der Waals surface area contributed by atoms with Crippen LogP contribution in [-0.2, 0) is 21.4 Å². The first-order valence-corrected chi connectivity index (χ1v) is 8.15. The summed E-state index contributed by atoms with van der Waals surface area (Å²) in [4.78, 5) is 15.4. The first-order chi connectivity index (χ1) is 9.93. The monoisotopic (exact) mass is 308 g/mol. The van der Waals surface area contributed by atoms with Crippen molar-refractivity contribution in [2.75, 3.05) is 18.4 Å². The Kier molecular flexibility index (Phi) is 3.22. The van der Waals surface area contributed by atoms with Crippen LogP contribution in [0, 0.1) is 0 Å². The zero-order chi connectivity index (χ0) is 15.2. The first-order valence-electron chi connectivity index (χ1n) is 6.71. The van der Waals surface area contributed by atoms with Crippen LogP contribution in [0.3, 0.4) is 0 Å². The van der Waals surface area contributed by atoms with Crippen LogP contribution in [0.1, 0.15) is 13.8 Å². The Morgan fingerprint density at radius 3 is 2.81 bits per heavy atom. The maximum absolute atomic E-state index is 12.4. The third kappa shape index (κ3) is 2.20. The molecule has 0 unspecified atom stereocenters. The van der Waals surface area contributed by atoms with E-state index in [4.69, 9.17) is 0 Å². The van der Waals surface area contributed by atoms with Crippen LogP contribution < -0.4 is 5.32 Å². The normalized spacial score (nSPS) is 17.6. The first kappa shape index (κ1) is 14.0. The van der Waals surface area contributed by atoms with Gasteiger partial charge in [-0.05, 0) is 18.2 Å². The minimum atomic E-state index is -3.53. The predicted octanol–water partition coefficient (Wildman–Crippen LogP) is 1.02. The van der Waals surface area contributed by atoms with Gasteiger partial charge in [0.15, 0.2) is 0 Å². The van der Waals surface area contributed by atoms with Gasteiger partial charge >= 0.3 is 0 Å². The third-order valence-corrected chi connectivity index (χ3v) is 5.42. The lowest BCUT2D eigenvalue weighted by Gasteiger charge is -2.25. The van der Waals surface area contributed by atoms with Gasteiger partial charge in [-0.1, -0.05) is 6.92 Å². The maximum atomic E-state index is 12.4. The molecule has 2 aromatic rings. The molecule has 3 rings (SSSR count). The lowest BCUT2D eigenvalue weighted by Crippen LogP contribution is -2.39.